The predicted molar refractivity (Wildman–Crippen MR) is 97.5 cm³/mol. The molecule has 8 heteroatoms. The summed E-state index contributed by atoms with van der Waals surface area (Å²) < 4.78 is 5.10. The van der Waals surface area contributed by atoms with E-state index in [1.807, 2.05) is 0 Å². The van der Waals surface area contributed by atoms with E-state index in [9.17, 15) is 14.4 Å². The molecule has 26 heavy (non-hydrogen) atoms. The third-order valence-corrected chi connectivity index (χ3v) is 4.58. The third kappa shape index (κ3) is 6.22. The van der Waals surface area contributed by atoms with Gasteiger partial charge in [-0.3, -0.25) is 9.59 Å². The van der Waals surface area contributed by atoms with Crippen LogP contribution in [0.15, 0.2) is 24.3 Å². The topological polar surface area (TPSA) is 102 Å². The highest BCUT2D eigenvalue weighted by atomic mass is 35.5. The predicted octanol–water partition coefficient (Wildman–Crippen LogP) is 2.24. The Hall–Kier alpha value is -2.28. The number of nitrogens with two attached hydrogens (primary N) is 1. The van der Waals surface area contributed by atoms with E-state index < -0.39 is 18.0 Å². The summed E-state index contributed by atoms with van der Waals surface area (Å²) in [4.78, 5) is 37.2. The van der Waals surface area contributed by atoms with E-state index in [1.54, 1.807) is 29.2 Å². The zero-order chi connectivity index (χ0) is 19.1. The number of primary amides is 1. The van der Waals surface area contributed by atoms with Crippen LogP contribution in [0.1, 0.15) is 37.8 Å². The van der Waals surface area contributed by atoms with Crippen molar-refractivity contribution >= 4 is 29.5 Å². The molecule has 0 saturated carbocycles. The molecular formula is C18H24ClN3O4. The lowest BCUT2D eigenvalue weighted by Gasteiger charge is -2.30. The van der Waals surface area contributed by atoms with Gasteiger partial charge in [-0.05, 0) is 36.5 Å². The van der Waals surface area contributed by atoms with Gasteiger partial charge in [0.2, 0.25) is 0 Å². The molecule has 0 aromatic heterocycles. The first kappa shape index (κ1) is 20.0. The number of esters is 1. The molecule has 1 aliphatic heterocycles. The number of nitrogens with one attached hydrogen (secondary N) is 1. The highest BCUT2D eigenvalue weighted by molar-refractivity contribution is 6.30. The zero-order valence-corrected chi connectivity index (χ0v) is 15.5. The van der Waals surface area contributed by atoms with Gasteiger partial charge in [0.25, 0.3) is 5.91 Å². The molecule has 2 atom stereocenters. The largest absolute Gasteiger partial charge is 0.455 e. The first-order chi connectivity index (χ1) is 12.3. The van der Waals surface area contributed by atoms with Gasteiger partial charge in [0, 0.05) is 18.1 Å². The molecule has 1 heterocycles. The van der Waals surface area contributed by atoms with Gasteiger partial charge >= 0.3 is 12.0 Å². The Bertz CT molecular complexity index is 650. The average Bonchev–Trinajstić information content (AvgIpc) is 2.59. The molecule has 142 valence electrons. The number of carbonyl (C=O) groups excluding carboxylic acids is 3. The summed E-state index contributed by atoms with van der Waals surface area (Å²) in [6, 6.07) is 5.28. The summed E-state index contributed by atoms with van der Waals surface area (Å²) in [6.07, 6.45) is 1.93. The van der Waals surface area contributed by atoms with E-state index in [4.69, 9.17) is 22.1 Å². The summed E-state index contributed by atoms with van der Waals surface area (Å²) in [7, 11) is 0. The number of hydrogen-bond donors (Lipinski definition) is 2. The van der Waals surface area contributed by atoms with Crippen LogP contribution in [-0.2, 0) is 14.3 Å². The van der Waals surface area contributed by atoms with E-state index in [0.29, 0.717) is 29.6 Å². The second kappa shape index (κ2) is 9.43. The molecule has 0 radical (unpaired) electrons. The lowest BCUT2D eigenvalue weighted by molar-refractivity contribution is -0.153. The molecule has 3 amide bonds. The molecule has 0 unspecified atom stereocenters. The molecule has 1 aromatic rings. The fourth-order valence-corrected chi connectivity index (χ4v) is 3.12. The number of rotatable bonds is 6. The van der Waals surface area contributed by atoms with Crippen LogP contribution in [0, 0.1) is 5.92 Å². The van der Waals surface area contributed by atoms with Crippen LogP contribution >= 0.6 is 11.6 Å². The molecule has 0 bridgehead atoms. The number of hydrogen-bond acceptors (Lipinski definition) is 4. The Labute approximate surface area is 157 Å². The van der Waals surface area contributed by atoms with Crippen molar-refractivity contribution < 1.29 is 19.1 Å². The maximum Gasteiger partial charge on any atom is 0.312 e. The number of ether oxygens (including phenoxy) is 1. The Kier molecular flexibility index (Phi) is 7.26. The molecule has 1 fully saturated rings. The third-order valence-electron chi connectivity index (χ3n) is 4.33. The van der Waals surface area contributed by atoms with E-state index in [-0.39, 0.29) is 18.9 Å². The second-order valence-corrected chi connectivity index (χ2v) is 7.00. The van der Waals surface area contributed by atoms with Crippen LogP contribution in [0.5, 0.6) is 0 Å². The Morgan fingerprint density at radius 3 is 2.65 bits per heavy atom. The van der Waals surface area contributed by atoms with E-state index in [2.05, 4.69) is 12.2 Å². The molecular weight excluding hydrogens is 358 g/mol. The molecule has 1 aliphatic rings. The Balaban J connectivity index is 1.89. The van der Waals surface area contributed by atoms with Crippen molar-refractivity contribution in [2.45, 2.75) is 32.2 Å². The number of carbonyl (C=O) groups is 3. The van der Waals surface area contributed by atoms with Gasteiger partial charge in [0.1, 0.15) is 0 Å². The van der Waals surface area contributed by atoms with E-state index in [1.165, 1.54) is 0 Å². The molecule has 1 saturated heterocycles. The summed E-state index contributed by atoms with van der Waals surface area (Å²) in [5, 5.41) is 3.04. The van der Waals surface area contributed by atoms with Gasteiger partial charge in [-0.1, -0.05) is 30.7 Å². The standard InChI is InChI=1S/C18H24ClN3O4/c1-12-3-2-8-22(10-12)16(23)11-26-17(24)9-15(21-18(20)25)13-4-6-14(19)7-5-13/h4-7,12,15H,2-3,8-11H2,1H3,(H3,20,21,25)/t12-,15-/m1/s1. The Morgan fingerprint density at radius 1 is 1.35 bits per heavy atom. The van der Waals surface area contributed by atoms with Crippen LogP contribution < -0.4 is 11.1 Å². The molecule has 0 spiro atoms. The number of halogens is 1. The highest BCUT2D eigenvalue weighted by Crippen LogP contribution is 2.20. The van der Waals surface area contributed by atoms with Crippen molar-refractivity contribution in [3.8, 4) is 0 Å². The van der Waals surface area contributed by atoms with Crippen LogP contribution in [0.3, 0.4) is 0 Å². The first-order valence-electron chi connectivity index (χ1n) is 8.60. The minimum atomic E-state index is -0.754. The van der Waals surface area contributed by atoms with Crippen molar-refractivity contribution in [3.05, 3.63) is 34.9 Å². The number of benzene rings is 1. The van der Waals surface area contributed by atoms with Crippen LogP contribution in [-0.4, -0.2) is 42.5 Å². The van der Waals surface area contributed by atoms with Crippen molar-refractivity contribution in [3.63, 3.8) is 0 Å². The van der Waals surface area contributed by atoms with Gasteiger partial charge in [0.05, 0.1) is 12.5 Å². The van der Waals surface area contributed by atoms with E-state index >= 15 is 0 Å². The fraction of sp³-hybridized carbons (Fsp3) is 0.500. The van der Waals surface area contributed by atoms with Crippen LogP contribution in [0.2, 0.25) is 5.02 Å². The summed E-state index contributed by atoms with van der Waals surface area (Å²) in [5.41, 5.74) is 5.85. The van der Waals surface area contributed by atoms with Gasteiger partial charge < -0.3 is 20.7 Å². The number of piperidine rings is 1. The second-order valence-electron chi connectivity index (χ2n) is 6.56. The van der Waals surface area contributed by atoms with E-state index in [0.717, 1.165) is 12.8 Å². The summed E-state index contributed by atoms with van der Waals surface area (Å²) in [5.74, 6) is -0.328. The smallest absolute Gasteiger partial charge is 0.312 e. The van der Waals surface area contributed by atoms with Crippen molar-refractivity contribution in [1.29, 1.82) is 0 Å². The number of likely N-dealkylation sites (tertiary alicyclic amines) is 1. The molecule has 3 N–H and O–H groups in total. The lowest BCUT2D eigenvalue weighted by atomic mass is 10.0. The highest BCUT2D eigenvalue weighted by Gasteiger charge is 2.23. The minimum Gasteiger partial charge on any atom is -0.455 e. The van der Waals surface area contributed by atoms with Gasteiger partial charge in [-0.25, -0.2) is 4.79 Å². The maximum atomic E-state index is 12.2. The van der Waals surface area contributed by atoms with Gasteiger partial charge in [0.15, 0.2) is 6.61 Å². The van der Waals surface area contributed by atoms with Crippen molar-refractivity contribution in [1.82, 2.24) is 10.2 Å². The van der Waals surface area contributed by atoms with Gasteiger partial charge in [-0.2, -0.15) is 0 Å². The normalized spacial score (nSPS) is 18.1. The summed E-state index contributed by atoms with van der Waals surface area (Å²) in [6.45, 7) is 3.18. The SMILES string of the molecule is C[C@@H]1CCCN(C(=O)COC(=O)C[C@@H](NC(N)=O)c2ccc(Cl)cc2)C1. The average molecular weight is 382 g/mol. The zero-order valence-electron chi connectivity index (χ0n) is 14.7. The number of amides is 3. The van der Waals surface area contributed by atoms with Crippen LogP contribution in [0.25, 0.3) is 0 Å². The van der Waals surface area contributed by atoms with Crippen molar-refractivity contribution in [2.24, 2.45) is 11.7 Å². The minimum absolute atomic E-state index is 0.131. The lowest BCUT2D eigenvalue weighted by Crippen LogP contribution is -2.41. The molecule has 7 nitrogen and oxygen atoms in total. The monoisotopic (exact) mass is 381 g/mol. The molecule has 2 rings (SSSR count). The van der Waals surface area contributed by atoms with Gasteiger partial charge in [-0.15, -0.1) is 0 Å². The number of nitrogens with zero attached hydrogens (tertiary/aromatic N) is 1. The molecule has 1 aromatic carbocycles. The first-order valence-corrected chi connectivity index (χ1v) is 8.97. The summed E-state index contributed by atoms with van der Waals surface area (Å²) >= 11 is 5.85. The molecule has 0 aliphatic carbocycles. The number of urea groups is 1. The fourth-order valence-electron chi connectivity index (χ4n) is 2.99. The van der Waals surface area contributed by atoms with Crippen LogP contribution in [0.4, 0.5) is 4.79 Å². The maximum absolute atomic E-state index is 12.2. The van der Waals surface area contributed by atoms with Crippen molar-refractivity contribution in [2.75, 3.05) is 19.7 Å². The quantitative estimate of drug-likeness (QED) is 0.737. The Morgan fingerprint density at radius 2 is 2.04 bits per heavy atom.